The van der Waals surface area contributed by atoms with Crippen LogP contribution in [0.2, 0.25) is 0 Å². The van der Waals surface area contributed by atoms with Crippen LogP contribution in [0.5, 0.6) is 0 Å². The van der Waals surface area contributed by atoms with E-state index in [2.05, 4.69) is 16.9 Å². The van der Waals surface area contributed by atoms with Gasteiger partial charge in [0.25, 0.3) is 0 Å². The molecular formula is C35H49FNO9P. The van der Waals surface area contributed by atoms with Gasteiger partial charge in [0.05, 0.1) is 6.10 Å². The Morgan fingerprint density at radius 1 is 1.17 bits per heavy atom. The second kappa shape index (κ2) is 13.7. The van der Waals surface area contributed by atoms with Crippen molar-refractivity contribution in [3.63, 3.8) is 0 Å². The number of rotatable bonds is 12. The van der Waals surface area contributed by atoms with E-state index in [0.29, 0.717) is 24.8 Å². The lowest BCUT2D eigenvalue weighted by atomic mass is 9.44. The van der Waals surface area contributed by atoms with Crippen molar-refractivity contribution in [2.45, 2.75) is 115 Å². The molecule has 0 spiro atoms. The minimum absolute atomic E-state index is 0.0287. The van der Waals surface area contributed by atoms with Gasteiger partial charge in [0.2, 0.25) is 0 Å². The molecule has 0 heterocycles. The molecule has 4 N–H and O–H groups in total. The average molecular weight is 678 g/mol. The first-order valence-corrected chi connectivity index (χ1v) is 18.6. The Balaban J connectivity index is 1.16. The summed E-state index contributed by atoms with van der Waals surface area (Å²) in [5.74, 6) is 3.15. The molecule has 5 aliphatic rings. The van der Waals surface area contributed by atoms with Gasteiger partial charge in [-0.25, -0.2) is 14.0 Å². The minimum atomic E-state index is -4.47. The smallest absolute Gasteiger partial charge is 0.390 e. The number of allylic oxidation sites excluding steroid dienone is 4. The molecule has 0 amide bonds. The highest BCUT2D eigenvalue weighted by atomic mass is 31.2. The summed E-state index contributed by atoms with van der Waals surface area (Å²) >= 11 is 0. The monoisotopic (exact) mass is 677 g/mol. The molecule has 0 radical (unpaired) electrons. The molecular weight excluding hydrogens is 628 g/mol. The predicted octanol–water partition coefficient (Wildman–Crippen LogP) is 4.31. The van der Waals surface area contributed by atoms with Gasteiger partial charge in [-0.15, -0.1) is 5.92 Å². The van der Waals surface area contributed by atoms with E-state index in [1.54, 1.807) is 26.8 Å². The summed E-state index contributed by atoms with van der Waals surface area (Å²) in [6.07, 6.45) is 8.61. The lowest BCUT2D eigenvalue weighted by molar-refractivity contribution is -0.219. The van der Waals surface area contributed by atoms with Gasteiger partial charge in [0, 0.05) is 36.1 Å². The number of halogens is 1. The number of alkyl halides is 1. The molecule has 0 aliphatic heterocycles. The maximum atomic E-state index is 17.3. The van der Waals surface area contributed by atoms with Crippen LogP contribution in [0.4, 0.5) is 4.39 Å². The zero-order valence-corrected chi connectivity index (χ0v) is 28.5. The molecule has 0 bridgehead atoms. The van der Waals surface area contributed by atoms with Gasteiger partial charge in [-0.2, -0.15) is 0 Å². The number of ketones is 3. The van der Waals surface area contributed by atoms with Crippen LogP contribution >= 0.6 is 7.75 Å². The third-order valence-corrected chi connectivity index (χ3v) is 13.0. The zero-order chi connectivity index (χ0) is 34.3. The first-order valence-electron chi connectivity index (χ1n) is 17.0. The Hall–Kier alpha value is -2.03. The largest absolute Gasteiger partial charge is 0.403 e. The highest BCUT2D eigenvalue weighted by Gasteiger charge is 2.75. The van der Waals surface area contributed by atoms with Crippen LogP contribution in [0.3, 0.4) is 0 Å². The van der Waals surface area contributed by atoms with Crippen molar-refractivity contribution in [1.29, 1.82) is 0 Å². The first kappa shape index (κ1) is 36.3. The third-order valence-electron chi connectivity index (χ3n) is 11.9. The summed E-state index contributed by atoms with van der Waals surface area (Å²) in [4.78, 5) is 48.4. The topological polar surface area (TPSA) is 159 Å². The van der Waals surface area contributed by atoms with Gasteiger partial charge in [-0.05, 0) is 82.3 Å². The van der Waals surface area contributed by atoms with E-state index < -0.39 is 66.1 Å². The van der Waals surface area contributed by atoms with Crippen LogP contribution in [0.15, 0.2) is 23.8 Å². The Morgan fingerprint density at radius 2 is 1.94 bits per heavy atom. The van der Waals surface area contributed by atoms with Crippen LogP contribution in [0.1, 0.15) is 91.4 Å². The zero-order valence-electron chi connectivity index (χ0n) is 27.6. The van der Waals surface area contributed by atoms with E-state index in [1.807, 2.05) is 0 Å². The third kappa shape index (κ3) is 6.52. The summed E-state index contributed by atoms with van der Waals surface area (Å²) in [6.45, 7) is 4.12. The van der Waals surface area contributed by atoms with Gasteiger partial charge < -0.3 is 19.8 Å². The van der Waals surface area contributed by atoms with E-state index >= 15 is 4.39 Å². The van der Waals surface area contributed by atoms with Crippen molar-refractivity contribution in [3.05, 3.63) is 23.8 Å². The maximum Gasteiger partial charge on any atom is 0.403 e. The van der Waals surface area contributed by atoms with Crippen molar-refractivity contribution in [3.8, 4) is 11.8 Å². The fraction of sp³-hybridized carbons (Fsp3) is 0.743. The molecule has 3 fully saturated rings. The van der Waals surface area contributed by atoms with Crippen molar-refractivity contribution < 1.29 is 47.7 Å². The van der Waals surface area contributed by atoms with E-state index in [0.717, 1.165) is 32.1 Å². The van der Waals surface area contributed by atoms with Crippen LogP contribution < -0.4 is 5.09 Å². The van der Waals surface area contributed by atoms with Gasteiger partial charge in [-0.1, -0.05) is 37.8 Å². The SMILES string of the molecule is C[C@@H]1C[C@H]2[C@@H]3CCC4=CC(=O)C=C[C@]4(C)[C@@]3(F)[C@@H](O)C[C@]2(C)[C@@]1(O)C(=O)COP(=O)(O)NCCCC(=O)COC1C#CCCCCC1. The molecule has 5 aliphatic carbocycles. The Kier molecular flexibility index (Phi) is 10.6. The standard InChI is InChI=1S/C35H49FNO9P/c1-23-18-29-28-14-13-24-19-25(38)15-16-32(24,2)34(28,36)30(40)20-33(29,3)35(23,42)31(41)22-46-47(43,44)37-17-9-10-26(39)21-45-27-11-7-5-4-6-8-12-27/h15-16,19,23,27-30,40,42H,4-7,9-11,13-14,17-18,20-22H2,1-3H3,(H2,37,43,44)/t23-,27?,28+,29+,30+,32+,33+,34+,35+/m1/s1. The highest BCUT2D eigenvalue weighted by molar-refractivity contribution is 7.50. The number of fused-ring (bicyclic) bond motifs is 5. The number of ether oxygens (including phenoxy) is 1. The molecule has 10 nitrogen and oxygen atoms in total. The van der Waals surface area contributed by atoms with Crippen molar-refractivity contribution in [1.82, 2.24) is 5.09 Å². The van der Waals surface area contributed by atoms with Gasteiger partial charge in [0.1, 0.15) is 24.9 Å². The predicted molar refractivity (Wildman–Crippen MR) is 171 cm³/mol. The van der Waals surface area contributed by atoms with E-state index in [9.17, 15) is 34.1 Å². The van der Waals surface area contributed by atoms with Crippen LogP contribution in [-0.2, 0) is 28.2 Å². The number of hydrogen-bond donors (Lipinski definition) is 4. The number of aliphatic hydroxyl groups excluding tert-OH is 1. The van der Waals surface area contributed by atoms with Crippen LogP contribution in [-0.4, -0.2) is 75.7 Å². The van der Waals surface area contributed by atoms with Crippen molar-refractivity contribution >= 4 is 25.1 Å². The number of carbonyl (C=O) groups is 3. The molecule has 2 unspecified atom stereocenters. The van der Waals surface area contributed by atoms with E-state index in [4.69, 9.17) is 9.26 Å². The number of hydrogen-bond acceptors (Lipinski definition) is 8. The minimum Gasteiger partial charge on any atom is -0.390 e. The summed E-state index contributed by atoms with van der Waals surface area (Å²) in [6, 6.07) is 0. The molecule has 0 saturated heterocycles. The van der Waals surface area contributed by atoms with E-state index in [1.165, 1.54) is 12.2 Å². The number of Topliss-reactive ketones (excluding diaryl/α,β-unsaturated/α-hetero) is 2. The molecule has 0 aromatic heterocycles. The Morgan fingerprint density at radius 3 is 2.70 bits per heavy atom. The highest BCUT2D eigenvalue weighted by Crippen LogP contribution is 2.70. The first-order chi connectivity index (χ1) is 22.1. The second-order valence-corrected chi connectivity index (χ2v) is 16.3. The molecule has 47 heavy (non-hydrogen) atoms. The van der Waals surface area contributed by atoms with Crippen LogP contribution in [0, 0.1) is 40.4 Å². The number of nitrogens with one attached hydrogen (secondary N) is 1. The Bertz CT molecular complexity index is 1440. The van der Waals surface area contributed by atoms with E-state index in [-0.39, 0.29) is 50.1 Å². The average Bonchev–Trinajstić information content (AvgIpc) is 3.20. The van der Waals surface area contributed by atoms with Crippen molar-refractivity contribution in [2.24, 2.45) is 28.6 Å². The summed E-state index contributed by atoms with van der Waals surface area (Å²) < 4.78 is 40.9. The molecule has 0 aromatic carbocycles. The van der Waals surface area contributed by atoms with Crippen LogP contribution in [0.25, 0.3) is 0 Å². The summed E-state index contributed by atoms with van der Waals surface area (Å²) in [7, 11) is -4.47. The van der Waals surface area contributed by atoms with Gasteiger partial charge >= 0.3 is 7.75 Å². The quantitative estimate of drug-likeness (QED) is 0.133. The van der Waals surface area contributed by atoms with Gasteiger partial charge in [-0.3, -0.25) is 18.9 Å². The molecule has 12 heteroatoms. The molecule has 3 saturated carbocycles. The fourth-order valence-corrected chi connectivity index (χ4v) is 10.1. The lowest BCUT2D eigenvalue weighted by Gasteiger charge is -2.62. The Labute approximate surface area is 276 Å². The number of aliphatic hydroxyl groups is 2. The second-order valence-electron chi connectivity index (χ2n) is 14.7. The van der Waals surface area contributed by atoms with Crippen molar-refractivity contribution in [2.75, 3.05) is 19.8 Å². The molecule has 260 valence electrons. The number of carbonyl (C=O) groups excluding carboxylic acids is 3. The molecule has 10 atom stereocenters. The lowest BCUT2D eigenvalue weighted by Crippen LogP contribution is -2.69. The fourth-order valence-electron chi connectivity index (χ4n) is 9.32. The molecule has 5 rings (SSSR count). The molecule has 0 aromatic rings. The van der Waals surface area contributed by atoms with Gasteiger partial charge in [0.15, 0.2) is 23.0 Å². The normalized spacial score (nSPS) is 40.8. The maximum absolute atomic E-state index is 17.3. The summed E-state index contributed by atoms with van der Waals surface area (Å²) in [5.41, 5.74) is -5.93. The summed E-state index contributed by atoms with van der Waals surface area (Å²) in [5, 5.41) is 25.9.